The van der Waals surface area contributed by atoms with E-state index < -0.39 is 17.7 Å². The molecule has 3 N–H and O–H groups in total. The van der Waals surface area contributed by atoms with E-state index in [9.17, 15) is 20.1 Å². The van der Waals surface area contributed by atoms with Crippen LogP contribution in [0, 0.1) is 31.6 Å². The maximum absolute atomic E-state index is 14.9. The van der Waals surface area contributed by atoms with Gasteiger partial charge in [0.05, 0.1) is 38.1 Å². The van der Waals surface area contributed by atoms with Crippen LogP contribution in [0.2, 0.25) is 0 Å². The molecule has 356 valence electrons. The van der Waals surface area contributed by atoms with Gasteiger partial charge in [-0.25, -0.2) is 0 Å². The number of aliphatic hydroxyl groups excluding tert-OH is 3. The lowest BCUT2D eigenvalue weighted by atomic mass is 9.55. The van der Waals surface area contributed by atoms with Crippen LogP contribution in [0.3, 0.4) is 0 Å². The van der Waals surface area contributed by atoms with Crippen LogP contribution in [0.5, 0.6) is 17.2 Å². The molecule has 0 saturated heterocycles. The van der Waals surface area contributed by atoms with Crippen molar-refractivity contribution in [1.82, 2.24) is 4.90 Å². The smallest absolute Gasteiger partial charge is 0.239 e. The summed E-state index contributed by atoms with van der Waals surface area (Å²) >= 11 is 0. The first-order chi connectivity index (χ1) is 31.3. The van der Waals surface area contributed by atoms with Crippen molar-refractivity contribution < 1.29 is 43.9 Å². The SMILES string of the molecule is C=CCO[C@@]12Oc3ccc(Oc4ccc(C)c(C)c4)cc3[C@H]3[C@H](CCCCO)[C@@H](CCCCO)C=C(C(=NOCC)C[C@@H]1N(CCOCCO)C(=O)CCCCCCCCCCC)[C@H]32. The first-order valence-corrected chi connectivity index (χ1v) is 24.7. The molecule has 2 aromatic rings. The molecule has 1 heterocycles. The van der Waals surface area contributed by atoms with Crippen molar-refractivity contribution in [3.8, 4) is 17.2 Å². The molecule has 64 heavy (non-hydrogen) atoms. The summed E-state index contributed by atoms with van der Waals surface area (Å²) in [5, 5.41) is 34.4. The van der Waals surface area contributed by atoms with Crippen LogP contribution in [0.4, 0.5) is 0 Å². The molecule has 1 amide bonds. The first kappa shape index (κ1) is 51.2. The average Bonchev–Trinajstić information content (AvgIpc) is 3.29. The third-order valence-electron chi connectivity index (χ3n) is 13.6. The molecule has 1 aliphatic heterocycles. The number of aliphatic hydroxyl groups is 3. The molecule has 0 radical (unpaired) electrons. The highest BCUT2D eigenvalue weighted by Gasteiger charge is 2.65. The van der Waals surface area contributed by atoms with E-state index in [0.717, 1.165) is 73.1 Å². The Labute approximate surface area is 384 Å². The Bertz CT molecular complexity index is 1800. The number of oxime groups is 1. The molecule has 0 bridgehead atoms. The number of allylic oxidation sites excluding steroid dienone is 1. The molecule has 6 atom stereocenters. The average molecular weight is 889 g/mol. The van der Waals surface area contributed by atoms with E-state index in [1.807, 2.05) is 30.0 Å². The second-order valence-electron chi connectivity index (χ2n) is 18.0. The van der Waals surface area contributed by atoms with Crippen molar-refractivity contribution in [3.63, 3.8) is 0 Å². The Balaban J connectivity index is 1.65. The number of ether oxygens (including phenoxy) is 4. The third-order valence-corrected chi connectivity index (χ3v) is 13.6. The molecule has 11 nitrogen and oxygen atoms in total. The maximum Gasteiger partial charge on any atom is 0.239 e. The number of nitrogens with zero attached hydrogens (tertiary/aromatic N) is 2. The van der Waals surface area contributed by atoms with Gasteiger partial charge in [-0.2, -0.15) is 0 Å². The summed E-state index contributed by atoms with van der Waals surface area (Å²) in [5.41, 5.74) is 5.12. The minimum Gasteiger partial charge on any atom is -0.459 e. The highest BCUT2D eigenvalue weighted by Crippen LogP contribution is 2.62. The molecule has 2 aliphatic carbocycles. The van der Waals surface area contributed by atoms with Crippen molar-refractivity contribution in [2.75, 3.05) is 52.8 Å². The standard InChI is InChI=1S/C53H80N2O9/c1-6-9-10-11-12-13-14-15-16-23-50(59)55(28-33-60-34-31-58)49-38-47(54-62-8-3)45-36-41(21-17-19-29-56)44(22-18-20-30-57)51-46-37-43(63-42-25-24-39(4)40(5)35-42)26-27-48(46)64-53(49,52(45)51)61-32-7-2/h7,24-27,35-37,41,44,49,51-52,56-58H,2,6,8-23,28-34,38H2,1,3-5H3/t41-,44+,49-,51+,52+,53+/m0/s1. The monoisotopic (exact) mass is 889 g/mol. The summed E-state index contributed by atoms with van der Waals surface area (Å²) in [5.74, 6) is 0.418. The molecule has 0 aromatic heterocycles. The van der Waals surface area contributed by atoms with Crippen LogP contribution in [0.1, 0.15) is 146 Å². The van der Waals surface area contributed by atoms with Gasteiger partial charge < -0.3 is 44.0 Å². The predicted octanol–water partition coefficient (Wildman–Crippen LogP) is 10.5. The Morgan fingerprint density at radius 2 is 1.56 bits per heavy atom. The molecule has 1 fully saturated rings. The van der Waals surface area contributed by atoms with Crippen molar-refractivity contribution >= 4 is 11.6 Å². The van der Waals surface area contributed by atoms with Gasteiger partial charge in [0.15, 0.2) is 0 Å². The van der Waals surface area contributed by atoms with Crippen LogP contribution in [-0.2, 0) is 19.1 Å². The fraction of sp³-hybridized carbons (Fsp3) is 0.660. The van der Waals surface area contributed by atoms with Crippen LogP contribution in [0.15, 0.2) is 65.9 Å². The van der Waals surface area contributed by atoms with E-state index >= 15 is 0 Å². The Morgan fingerprint density at radius 1 is 0.859 bits per heavy atom. The van der Waals surface area contributed by atoms with Crippen molar-refractivity contribution in [2.24, 2.45) is 22.9 Å². The number of unbranched alkanes of at least 4 members (excludes halogenated alkanes) is 10. The molecule has 5 rings (SSSR count). The number of carbonyl (C=O) groups excluding carboxylic acids is 1. The van der Waals surface area contributed by atoms with Gasteiger partial charge >= 0.3 is 0 Å². The number of hydrogen-bond acceptors (Lipinski definition) is 10. The number of carbonyl (C=O) groups is 1. The minimum atomic E-state index is -1.35. The molecule has 3 aliphatic rings. The molecule has 11 heteroatoms. The second-order valence-corrected chi connectivity index (χ2v) is 18.0. The zero-order valence-corrected chi connectivity index (χ0v) is 39.6. The topological polar surface area (TPSA) is 140 Å². The normalized spacial score (nSPS) is 22.9. The molecular weight excluding hydrogens is 809 g/mol. The van der Waals surface area contributed by atoms with E-state index in [1.54, 1.807) is 6.08 Å². The number of rotatable bonds is 31. The highest BCUT2D eigenvalue weighted by atomic mass is 16.7. The van der Waals surface area contributed by atoms with Gasteiger partial charge in [0, 0.05) is 44.1 Å². The van der Waals surface area contributed by atoms with Gasteiger partial charge in [-0.1, -0.05) is 94.5 Å². The molecular formula is C53H80N2O9. The van der Waals surface area contributed by atoms with E-state index in [-0.39, 0.29) is 69.8 Å². The number of fused-ring (bicyclic) bond motifs is 2. The first-order valence-electron chi connectivity index (χ1n) is 24.7. The number of amides is 1. The van der Waals surface area contributed by atoms with Crippen LogP contribution >= 0.6 is 0 Å². The largest absolute Gasteiger partial charge is 0.459 e. The van der Waals surface area contributed by atoms with Gasteiger partial charge in [0.2, 0.25) is 11.7 Å². The highest BCUT2D eigenvalue weighted by molar-refractivity contribution is 6.03. The lowest BCUT2D eigenvalue weighted by Crippen LogP contribution is -2.70. The van der Waals surface area contributed by atoms with Crippen LogP contribution in [-0.4, -0.2) is 96.5 Å². The molecule has 0 unspecified atom stereocenters. The summed E-state index contributed by atoms with van der Waals surface area (Å²) in [6.45, 7) is 13.8. The molecule has 2 aromatic carbocycles. The fourth-order valence-electron chi connectivity index (χ4n) is 10.3. The second kappa shape index (κ2) is 27.0. The number of aryl methyl sites for hydroxylation is 2. The number of benzene rings is 2. The summed E-state index contributed by atoms with van der Waals surface area (Å²) in [6, 6.07) is 11.6. The lowest BCUT2D eigenvalue weighted by molar-refractivity contribution is -0.258. The summed E-state index contributed by atoms with van der Waals surface area (Å²) in [7, 11) is 0. The zero-order valence-electron chi connectivity index (χ0n) is 39.6. The van der Waals surface area contributed by atoms with E-state index in [2.05, 4.69) is 51.6 Å². The quantitative estimate of drug-likeness (QED) is 0.0383. The van der Waals surface area contributed by atoms with Crippen molar-refractivity contribution in [1.29, 1.82) is 0 Å². The summed E-state index contributed by atoms with van der Waals surface area (Å²) < 4.78 is 27.0. The zero-order chi connectivity index (χ0) is 45.7. The third kappa shape index (κ3) is 13.4. The van der Waals surface area contributed by atoms with E-state index in [4.69, 9.17) is 28.9 Å². The minimum absolute atomic E-state index is 0.00517. The molecule has 1 saturated carbocycles. The van der Waals surface area contributed by atoms with E-state index in [0.29, 0.717) is 43.8 Å². The fourth-order valence-corrected chi connectivity index (χ4v) is 10.3. The van der Waals surface area contributed by atoms with Gasteiger partial charge in [0.25, 0.3) is 0 Å². The predicted molar refractivity (Wildman–Crippen MR) is 254 cm³/mol. The summed E-state index contributed by atoms with van der Waals surface area (Å²) in [6.07, 6.45) is 19.9. The summed E-state index contributed by atoms with van der Waals surface area (Å²) in [4.78, 5) is 22.7. The maximum atomic E-state index is 14.9. The van der Waals surface area contributed by atoms with Gasteiger partial charge in [-0.15, -0.1) is 6.58 Å². The lowest BCUT2D eigenvalue weighted by Gasteiger charge is -2.60. The Kier molecular flexibility index (Phi) is 21.6. The Morgan fingerprint density at radius 3 is 2.25 bits per heavy atom. The molecule has 0 spiro atoms. The number of hydrogen-bond donors (Lipinski definition) is 3. The van der Waals surface area contributed by atoms with Gasteiger partial charge in [-0.05, 0) is 112 Å². The van der Waals surface area contributed by atoms with Gasteiger partial charge in [-0.3, -0.25) is 4.79 Å². The van der Waals surface area contributed by atoms with Crippen LogP contribution < -0.4 is 9.47 Å². The van der Waals surface area contributed by atoms with Gasteiger partial charge in [0.1, 0.15) is 29.9 Å². The van der Waals surface area contributed by atoms with E-state index in [1.165, 1.54) is 44.1 Å². The van der Waals surface area contributed by atoms with Crippen molar-refractivity contribution in [2.45, 2.75) is 155 Å². The van der Waals surface area contributed by atoms with Crippen molar-refractivity contribution in [3.05, 3.63) is 77.4 Å². The van der Waals surface area contributed by atoms with Crippen LogP contribution in [0.25, 0.3) is 0 Å². The Hall–Kier alpha value is -3.74.